The molecule has 8 nitrogen and oxygen atoms in total. The molecule has 2 aromatic rings. The van der Waals surface area contributed by atoms with Gasteiger partial charge in [0.25, 0.3) is 5.91 Å². The second kappa shape index (κ2) is 9.62. The number of benzene rings is 2. The SMILES string of the molecule is CC(=O)Nc1ccc(NS(C)(=O)=O)c(C(=O)N(C)CCOc2cc(C)cc(C)c2)c1. The summed E-state index contributed by atoms with van der Waals surface area (Å²) in [6, 6.07) is 10.3. The standard InChI is InChI=1S/C21H27N3O5S/c1-14-10-15(2)12-18(11-14)29-9-8-24(4)21(26)19-13-17(22-16(3)25)6-7-20(19)23-30(5,27)28/h6-7,10-13,23H,8-9H2,1-5H3,(H,22,25). The first kappa shape index (κ1) is 23.2. The lowest BCUT2D eigenvalue weighted by atomic mass is 10.1. The molecule has 2 amide bonds. The van der Waals surface area contributed by atoms with Crippen LogP contribution in [-0.2, 0) is 14.8 Å². The number of likely N-dealkylation sites (N-methyl/N-ethyl adjacent to an activating group) is 1. The summed E-state index contributed by atoms with van der Waals surface area (Å²) in [4.78, 5) is 25.7. The van der Waals surface area contributed by atoms with Gasteiger partial charge in [-0.2, -0.15) is 0 Å². The maximum atomic E-state index is 13.0. The minimum Gasteiger partial charge on any atom is -0.492 e. The highest BCUT2D eigenvalue weighted by molar-refractivity contribution is 7.92. The molecular formula is C21H27N3O5S. The van der Waals surface area contributed by atoms with Crippen molar-refractivity contribution in [1.29, 1.82) is 0 Å². The summed E-state index contributed by atoms with van der Waals surface area (Å²) < 4.78 is 31.4. The molecule has 0 heterocycles. The predicted molar refractivity (Wildman–Crippen MR) is 118 cm³/mol. The summed E-state index contributed by atoms with van der Waals surface area (Å²) in [5.74, 6) is 0.0187. The number of carbonyl (C=O) groups is 2. The van der Waals surface area contributed by atoms with Gasteiger partial charge in [0.2, 0.25) is 15.9 Å². The van der Waals surface area contributed by atoms with E-state index in [1.807, 2.05) is 32.0 Å². The van der Waals surface area contributed by atoms with Crippen LogP contribution in [0.2, 0.25) is 0 Å². The van der Waals surface area contributed by atoms with E-state index >= 15 is 0 Å². The topological polar surface area (TPSA) is 105 Å². The number of ether oxygens (including phenoxy) is 1. The van der Waals surface area contributed by atoms with Gasteiger partial charge in [-0.15, -0.1) is 0 Å². The molecule has 0 bridgehead atoms. The third-order valence-corrected chi connectivity index (χ3v) is 4.69. The molecule has 0 saturated heterocycles. The number of nitrogens with zero attached hydrogens (tertiary/aromatic N) is 1. The van der Waals surface area contributed by atoms with Gasteiger partial charge in [-0.05, 0) is 55.3 Å². The van der Waals surface area contributed by atoms with Crippen molar-refractivity contribution in [3.63, 3.8) is 0 Å². The van der Waals surface area contributed by atoms with Crippen molar-refractivity contribution in [1.82, 2.24) is 4.90 Å². The fourth-order valence-electron chi connectivity index (χ4n) is 2.91. The predicted octanol–water partition coefficient (Wildman–Crippen LogP) is 2.78. The molecule has 0 fully saturated rings. The molecule has 2 rings (SSSR count). The highest BCUT2D eigenvalue weighted by Gasteiger charge is 2.19. The Balaban J connectivity index is 2.16. The van der Waals surface area contributed by atoms with E-state index in [-0.39, 0.29) is 30.3 Å². The molecule has 0 unspecified atom stereocenters. The van der Waals surface area contributed by atoms with Gasteiger partial charge in [0.1, 0.15) is 12.4 Å². The van der Waals surface area contributed by atoms with Crippen LogP contribution in [0.1, 0.15) is 28.4 Å². The zero-order valence-corrected chi connectivity index (χ0v) is 18.6. The van der Waals surface area contributed by atoms with Crippen LogP contribution >= 0.6 is 0 Å². The van der Waals surface area contributed by atoms with E-state index in [0.29, 0.717) is 5.69 Å². The second-order valence-corrected chi connectivity index (χ2v) is 8.96. The molecule has 0 aromatic heterocycles. The molecule has 0 aliphatic rings. The van der Waals surface area contributed by atoms with E-state index in [1.165, 1.54) is 30.0 Å². The first-order chi connectivity index (χ1) is 13.9. The molecular weight excluding hydrogens is 406 g/mol. The van der Waals surface area contributed by atoms with Gasteiger partial charge in [-0.3, -0.25) is 14.3 Å². The van der Waals surface area contributed by atoms with Gasteiger partial charge in [0.15, 0.2) is 0 Å². The van der Waals surface area contributed by atoms with Crippen LogP contribution in [0.3, 0.4) is 0 Å². The van der Waals surface area contributed by atoms with Crippen LogP contribution in [-0.4, -0.2) is 51.6 Å². The molecule has 0 radical (unpaired) electrons. The summed E-state index contributed by atoms with van der Waals surface area (Å²) in [7, 11) is -1.99. The molecule has 0 aliphatic carbocycles. The monoisotopic (exact) mass is 433 g/mol. The highest BCUT2D eigenvalue weighted by Crippen LogP contribution is 2.23. The molecule has 0 saturated carbocycles. The van der Waals surface area contributed by atoms with Gasteiger partial charge in [-0.25, -0.2) is 8.42 Å². The first-order valence-electron chi connectivity index (χ1n) is 9.30. The Morgan fingerprint density at radius 2 is 1.70 bits per heavy atom. The largest absolute Gasteiger partial charge is 0.492 e. The number of nitrogens with one attached hydrogen (secondary N) is 2. The Kier molecular flexibility index (Phi) is 7.44. The quantitative estimate of drug-likeness (QED) is 0.666. The Hall–Kier alpha value is -3.07. The molecule has 2 aromatic carbocycles. The van der Waals surface area contributed by atoms with E-state index in [4.69, 9.17) is 4.74 Å². The second-order valence-electron chi connectivity index (χ2n) is 7.21. The van der Waals surface area contributed by atoms with Crippen LogP contribution in [0.25, 0.3) is 0 Å². The summed E-state index contributed by atoms with van der Waals surface area (Å²) >= 11 is 0. The molecule has 9 heteroatoms. The van der Waals surface area contributed by atoms with E-state index in [2.05, 4.69) is 10.0 Å². The van der Waals surface area contributed by atoms with Gasteiger partial charge in [-0.1, -0.05) is 6.07 Å². The lowest BCUT2D eigenvalue weighted by Crippen LogP contribution is -2.31. The average molecular weight is 434 g/mol. The summed E-state index contributed by atoms with van der Waals surface area (Å²) in [5.41, 5.74) is 2.82. The third kappa shape index (κ3) is 7.07. The van der Waals surface area contributed by atoms with Crippen molar-refractivity contribution in [2.75, 3.05) is 36.5 Å². The molecule has 0 aliphatic heterocycles. The minimum atomic E-state index is -3.59. The van der Waals surface area contributed by atoms with Crippen LogP contribution in [0.5, 0.6) is 5.75 Å². The van der Waals surface area contributed by atoms with Gasteiger partial charge in [0.05, 0.1) is 24.1 Å². The Bertz CT molecular complexity index is 1030. The van der Waals surface area contributed by atoms with Crippen molar-refractivity contribution < 1.29 is 22.7 Å². The van der Waals surface area contributed by atoms with Crippen molar-refractivity contribution in [3.05, 3.63) is 53.1 Å². The maximum absolute atomic E-state index is 13.0. The third-order valence-electron chi connectivity index (χ3n) is 4.10. The molecule has 0 spiro atoms. The average Bonchev–Trinajstić information content (AvgIpc) is 2.60. The number of carbonyl (C=O) groups excluding carboxylic acids is 2. The van der Waals surface area contributed by atoms with Crippen LogP contribution < -0.4 is 14.8 Å². The van der Waals surface area contributed by atoms with Gasteiger partial charge < -0.3 is 15.0 Å². The number of rotatable bonds is 8. The van der Waals surface area contributed by atoms with E-state index in [9.17, 15) is 18.0 Å². The van der Waals surface area contributed by atoms with Crippen LogP contribution in [0.15, 0.2) is 36.4 Å². The van der Waals surface area contributed by atoms with Crippen LogP contribution in [0, 0.1) is 13.8 Å². The van der Waals surface area contributed by atoms with Crippen LogP contribution in [0.4, 0.5) is 11.4 Å². The normalized spacial score (nSPS) is 11.0. The van der Waals surface area contributed by atoms with Crippen molar-refractivity contribution in [2.45, 2.75) is 20.8 Å². The fraction of sp³-hybridized carbons (Fsp3) is 0.333. The maximum Gasteiger partial charge on any atom is 0.255 e. The lowest BCUT2D eigenvalue weighted by molar-refractivity contribution is -0.114. The zero-order chi connectivity index (χ0) is 22.5. The number of anilines is 2. The van der Waals surface area contributed by atoms with Crippen molar-refractivity contribution in [3.8, 4) is 5.75 Å². The zero-order valence-electron chi connectivity index (χ0n) is 17.8. The smallest absolute Gasteiger partial charge is 0.255 e. The minimum absolute atomic E-state index is 0.126. The Morgan fingerprint density at radius 1 is 1.07 bits per heavy atom. The number of hydrogen-bond donors (Lipinski definition) is 2. The van der Waals surface area contributed by atoms with Gasteiger partial charge >= 0.3 is 0 Å². The Morgan fingerprint density at radius 3 is 2.27 bits per heavy atom. The van der Waals surface area contributed by atoms with Crippen molar-refractivity contribution in [2.24, 2.45) is 0 Å². The number of sulfonamides is 1. The highest BCUT2D eigenvalue weighted by atomic mass is 32.2. The summed E-state index contributed by atoms with van der Waals surface area (Å²) in [6.45, 7) is 5.86. The number of hydrogen-bond acceptors (Lipinski definition) is 5. The molecule has 30 heavy (non-hydrogen) atoms. The van der Waals surface area contributed by atoms with E-state index < -0.39 is 15.9 Å². The number of amides is 2. The van der Waals surface area contributed by atoms with E-state index in [0.717, 1.165) is 23.1 Å². The Labute approximate surface area is 177 Å². The fourth-order valence-corrected chi connectivity index (χ4v) is 3.49. The molecule has 162 valence electrons. The van der Waals surface area contributed by atoms with E-state index in [1.54, 1.807) is 7.05 Å². The lowest BCUT2D eigenvalue weighted by Gasteiger charge is -2.20. The van der Waals surface area contributed by atoms with Gasteiger partial charge in [0, 0.05) is 19.7 Å². The summed E-state index contributed by atoms with van der Waals surface area (Å²) in [6.07, 6.45) is 1.00. The molecule has 2 N–H and O–H groups in total. The molecule has 0 atom stereocenters. The number of aryl methyl sites for hydroxylation is 2. The first-order valence-corrected chi connectivity index (χ1v) is 11.2. The van der Waals surface area contributed by atoms with Crippen molar-refractivity contribution >= 4 is 33.2 Å². The summed E-state index contributed by atoms with van der Waals surface area (Å²) in [5, 5.41) is 2.59.